The summed E-state index contributed by atoms with van der Waals surface area (Å²) in [5, 5.41) is 17.5. The van der Waals surface area contributed by atoms with Gasteiger partial charge in [0.1, 0.15) is 5.92 Å². The highest BCUT2D eigenvalue weighted by molar-refractivity contribution is 5.72. The Morgan fingerprint density at radius 1 is 1.28 bits per heavy atom. The van der Waals surface area contributed by atoms with Crippen LogP contribution in [-0.4, -0.2) is 11.1 Å². The summed E-state index contributed by atoms with van der Waals surface area (Å²) >= 11 is 0. The van der Waals surface area contributed by atoms with Gasteiger partial charge in [-0.2, -0.15) is 5.26 Å². The standard InChI is InChI=1S/C15H19NO2/c1-12(8-10-14(11-16)15(17)18)7-9-13-5-3-2-4-6-13/h2-6,12,14H,7-10H2,1H3,(H,17,18). The average molecular weight is 245 g/mol. The molecule has 1 rings (SSSR count). The van der Waals surface area contributed by atoms with Crippen molar-refractivity contribution >= 4 is 5.97 Å². The number of aliphatic carboxylic acids is 1. The van der Waals surface area contributed by atoms with Gasteiger partial charge in [-0.15, -0.1) is 0 Å². The van der Waals surface area contributed by atoms with Crippen molar-refractivity contribution in [3.63, 3.8) is 0 Å². The molecule has 0 aliphatic carbocycles. The number of carboxylic acids is 1. The van der Waals surface area contributed by atoms with Crippen LogP contribution in [0.3, 0.4) is 0 Å². The summed E-state index contributed by atoms with van der Waals surface area (Å²) in [6.45, 7) is 2.11. The fraction of sp³-hybridized carbons (Fsp3) is 0.467. The molecule has 3 heteroatoms. The van der Waals surface area contributed by atoms with Gasteiger partial charge in [-0.05, 0) is 37.2 Å². The minimum Gasteiger partial charge on any atom is -0.480 e. The number of nitriles is 1. The molecule has 3 nitrogen and oxygen atoms in total. The lowest BCUT2D eigenvalue weighted by Gasteiger charge is -2.12. The van der Waals surface area contributed by atoms with Crippen LogP contribution < -0.4 is 0 Å². The monoisotopic (exact) mass is 245 g/mol. The number of hydrogen-bond acceptors (Lipinski definition) is 2. The maximum Gasteiger partial charge on any atom is 0.320 e. The zero-order valence-electron chi connectivity index (χ0n) is 10.7. The van der Waals surface area contributed by atoms with Gasteiger partial charge >= 0.3 is 5.97 Å². The fourth-order valence-corrected chi connectivity index (χ4v) is 1.90. The molecule has 0 amide bonds. The lowest BCUT2D eigenvalue weighted by atomic mass is 9.93. The average Bonchev–Trinajstić information content (AvgIpc) is 2.38. The number of hydrogen-bond donors (Lipinski definition) is 1. The second-order valence-corrected chi connectivity index (χ2v) is 4.73. The lowest BCUT2D eigenvalue weighted by molar-refractivity contribution is -0.140. The maximum absolute atomic E-state index is 10.7. The second-order valence-electron chi connectivity index (χ2n) is 4.73. The number of rotatable bonds is 7. The number of aryl methyl sites for hydroxylation is 1. The van der Waals surface area contributed by atoms with Crippen molar-refractivity contribution in [3.8, 4) is 6.07 Å². The van der Waals surface area contributed by atoms with Crippen molar-refractivity contribution in [2.75, 3.05) is 0 Å². The van der Waals surface area contributed by atoms with Gasteiger partial charge in [0.2, 0.25) is 0 Å². The molecule has 0 aliphatic rings. The molecule has 0 saturated heterocycles. The minimum atomic E-state index is -1.01. The Labute approximate surface area is 108 Å². The molecule has 1 aromatic rings. The van der Waals surface area contributed by atoms with E-state index >= 15 is 0 Å². The van der Waals surface area contributed by atoms with Crippen molar-refractivity contribution in [3.05, 3.63) is 35.9 Å². The van der Waals surface area contributed by atoms with Gasteiger partial charge in [-0.3, -0.25) is 4.79 Å². The third-order valence-corrected chi connectivity index (χ3v) is 3.17. The smallest absolute Gasteiger partial charge is 0.320 e. The van der Waals surface area contributed by atoms with E-state index in [1.807, 2.05) is 24.3 Å². The van der Waals surface area contributed by atoms with Gasteiger partial charge in [0.15, 0.2) is 0 Å². The molecule has 0 spiro atoms. The largest absolute Gasteiger partial charge is 0.480 e. The highest BCUT2D eigenvalue weighted by Crippen LogP contribution is 2.17. The first-order chi connectivity index (χ1) is 8.63. The normalized spacial score (nSPS) is 13.6. The highest BCUT2D eigenvalue weighted by Gasteiger charge is 2.17. The summed E-state index contributed by atoms with van der Waals surface area (Å²) in [4.78, 5) is 10.7. The van der Waals surface area contributed by atoms with E-state index in [-0.39, 0.29) is 0 Å². The summed E-state index contributed by atoms with van der Waals surface area (Å²) < 4.78 is 0. The Morgan fingerprint density at radius 2 is 1.94 bits per heavy atom. The topological polar surface area (TPSA) is 61.1 Å². The zero-order chi connectivity index (χ0) is 13.4. The first-order valence-electron chi connectivity index (χ1n) is 6.30. The van der Waals surface area contributed by atoms with Crippen LogP contribution in [-0.2, 0) is 11.2 Å². The molecule has 1 aromatic carbocycles. The van der Waals surface area contributed by atoms with E-state index in [2.05, 4.69) is 19.1 Å². The molecule has 2 atom stereocenters. The SMILES string of the molecule is CC(CCc1ccccc1)CCC(C#N)C(=O)O. The molecule has 18 heavy (non-hydrogen) atoms. The van der Waals surface area contributed by atoms with Crippen LogP contribution in [0.15, 0.2) is 30.3 Å². The predicted octanol–water partition coefficient (Wildman–Crippen LogP) is 3.26. The Kier molecular flexibility index (Phi) is 5.93. The Balaban J connectivity index is 2.28. The summed E-state index contributed by atoms with van der Waals surface area (Å²) in [5.74, 6) is -1.42. The first kappa shape index (κ1) is 14.2. The Hall–Kier alpha value is -1.82. The molecule has 0 saturated carbocycles. The third kappa shape index (κ3) is 5.01. The molecule has 96 valence electrons. The van der Waals surface area contributed by atoms with E-state index in [0.29, 0.717) is 12.3 Å². The molecule has 2 unspecified atom stereocenters. The van der Waals surface area contributed by atoms with Gasteiger partial charge in [-0.1, -0.05) is 37.3 Å². The van der Waals surface area contributed by atoms with Crippen LogP contribution in [0.5, 0.6) is 0 Å². The van der Waals surface area contributed by atoms with Crippen LogP contribution in [0.25, 0.3) is 0 Å². The van der Waals surface area contributed by atoms with Crippen LogP contribution in [0.4, 0.5) is 0 Å². The number of carboxylic acid groups (broad SMARTS) is 1. The number of benzene rings is 1. The molecular weight excluding hydrogens is 226 g/mol. The van der Waals surface area contributed by atoms with Crippen LogP contribution in [0, 0.1) is 23.2 Å². The Morgan fingerprint density at radius 3 is 2.50 bits per heavy atom. The molecule has 1 N–H and O–H groups in total. The van der Waals surface area contributed by atoms with Crippen molar-refractivity contribution < 1.29 is 9.90 Å². The van der Waals surface area contributed by atoms with E-state index in [4.69, 9.17) is 10.4 Å². The van der Waals surface area contributed by atoms with Gasteiger partial charge in [0.25, 0.3) is 0 Å². The molecule has 0 heterocycles. The minimum absolute atomic E-state index is 0.445. The molecule has 0 bridgehead atoms. The quantitative estimate of drug-likeness (QED) is 0.802. The van der Waals surface area contributed by atoms with Gasteiger partial charge < -0.3 is 5.11 Å². The first-order valence-corrected chi connectivity index (χ1v) is 6.30. The van der Waals surface area contributed by atoms with Crippen molar-refractivity contribution in [1.29, 1.82) is 5.26 Å². The van der Waals surface area contributed by atoms with Crippen molar-refractivity contribution in [2.24, 2.45) is 11.8 Å². The van der Waals surface area contributed by atoms with Crippen LogP contribution >= 0.6 is 0 Å². The highest BCUT2D eigenvalue weighted by atomic mass is 16.4. The third-order valence-electron chi connectivity index (χ3n) is 3.17. The summed E-state index contributed by atoms with van der Waals surface area (Å²) in [6, 6.07) is 12.1. The van der Waals surface area contributed by atoms with Crippen molar-refractivity contribution in [1.82, 2.24) is 0 Å². The van der Waals surface area contributed by atoms with E-state index in [0.717, 1.165) is 19.3 Å². The van der Waals surface area contributed by atoms with E-state index in [9.17, 15) is 4.79 Å². The summed E-state index contributed by atoms with van der Waals surface area (Å²) in [7, 11) is 0. The maximum atomic E-state index is 10.7. The van der Waals surface area contributed by atoms with E-state index in [1.165, 1.54) is 5.56 Å². The number of nitrogens with zero attached hydrogens (tertiary/aromatic N) is 1. The summed E-state index contributed by atoms with van der Waals surface area (Å²) in [5.41, 5.74) is 1.31. The van der Waals surface area contributed by atoms with Gasteiger partial charge in [0, 0.05) is 0 Å². The van der Waals surface area contributed by atoms with Gasteiger partial charge in [0.05, 0.1) is 6.07 Å². The molecular formula is C15H19NO2. The van der Waals surface area contributed by atoms with Crippen LogP contribution in [0.2, 0.25) is 0 Å². The lowest BCUT2D eigenvalue weighted by Crippen LogP contribution is -2.12. The van der Waals surface area contributed by atoms with Gasteiger partial charge in [-0.25, -0.2) is 0 Å². The van der Waals surface area contributed by atoms with Crippen LogP contribution in [0.1, 0.15) is 31.7 Å². The second kappa shape index (κ2) is 7.50. The molecule has 0 radical (unpaired) electrons. The Bertz CT molecular complexity index is 408. The molecule has 0 fully saturated rings. The van der Waals surface area contributed by atoms with Crippen molar-refractivity contribution in [2.45, 2.75) is 32.6 Å². The predicted molar refractivity (Wildman–Crippen MR) is 69.9 cm³/mol. The number of carbonyl (C=O) groups is 1. The zero-order valence-corrected chi connectivity index (χ0v) is 10.7. The van der Waals surface area contributed by atoms with E-state index in [1.54, 1.807) is 0 Å². The fourth-order valence-electron chi connectivity index (χ4n) is 1.90. The molecule has 0 aromatic heterocycles. The summed E-state index contributed by atoms with van der Waals surface area (Å²) in [6.07, 6.45) is 3.27. The van der Waals surface area contributed by atoms with E-state index < -0.39 is 11.9 Å². The molecule has 0 aliphatic heterocycles.